The molecule has 102 valence electrons. The number of furan rings is 1. The van der Waals surface area contributed by atoms with E-state index in [1.165, 1.54) is 0 Å². The summed E-state index contributed by atoms with van der Waals surface area (Å²) >= 11 is 3.46. The molecular weight excluding hydrogens is 318 g/mol. The van der Waals surface area contributed by atoms with Crippen LogP contribution >= 0.6 is 15.9 Å². The largest absolute Gasteiger partial charge is 0.466 e. The number of nitrogens with zero attached hydrogens (tertiary/aromatic N) is 2. The lowest BCUT2D eigenvalue weighted by atomic mass is 10.1. The van der Waals surface area contributed by atoms with E-state index >= 15 is 0 Å². The molecule has 0 aliphatic carbocycles. The first kappa shape index (κ1) is 13.0. The smallest absolute Gasteiger partial charge is 0.119 e. The van der Waals surface area contributed by atoms with E-state index in [-0.39, 0.29) is 0 Å². The maximum atomic E-state index is 6.09. The molecule has 0 aliphatic heterocycles. The van der Waals surface area contributed by atoms with Crippen LogP contribution in [0.5, 0.6) is 0 Å². The van der Waals surface area contributed by atoms with Crippen molar-refractivity contribution in [2.75, 3.05) is 5.73 Å². The van der Waals surface area contributed by atoms with Crippen LogP contribution in [-0.4, -0.2) is 9.78 Å². The second-order valence-corrected chi connectivity index (χ2v) is 5.60. The summed E-state index contributed by atoms with van der Waals surface area (Å²) in [5.74, 6) is 1.68. The molecule has 0 radical (unpaired) electrons. The standard InChI is InChI=1S/C15H14BrN3O/c1-9-6-13(10(2)20-9)15-14(17)8-19(18-15)12-5-3-4-11(16)7-12/h3-8H,17H2,1-2H3. The van der Waals surface area contributed by atoms with Crippen molar-refractivity contribution in [1.29, 1.82) is 0 Å². The Morgan fingerprint density at radius 2 is 2.05 bits per heavy atom. The molecule has 0 amide bonds. The Morgan fingerprint density at radius 1 is 1.25 bits per heavy atom. The molecule has 5 heteroatoms. The maximum Gasteiger partial charge on any atom is 0.119 e. The first-order chi connectivity index (χ1) is 9.54. The molecule has 20 heavy (non-hydrogen) atoms. The van der Waals surface area contributed by atoms with Crippen LogP contribution in [0, 0.1) is 13.8 Å². The fourth-order valence-electron chi connectivity index (χ4n) is 2.21. The molecule has 3 aromatic rings. The van der Waals surface area contributed by atoms with Gasteiger partial charge in [0.25, 0.3) is 0 Å². The van der Waals surface area contributed by atoms with Gasteiger partial charge in [0.2, 0.25) is 0 Å². The van der Waals surface area contributed by atoms with Crippen LogP contribution < -0.4 is 5.73 Å². The SMILES string of the molecule is Cc1cc(-c2nn(-c3cccc(Br)c3)cc2N)c(C)o1. The van der Waals surface area contributed by atoms with Crippen LogP contribution in [0.4, 0.5) is 5.69 Å². The molecule has 2 aromatic heterocycles. The summed E-state index contributed by atoms with van der Waals surface area (Å²) in [6.07, 6.45) is 1.82. The molecule has 2 heterocycles. The molecule has 0 bridgehead atoms. The van der Waals surface area contributed by atoms with E-state index in [9.17, 15) is 0 Å². The summed E-state index contributed by atoms with van der Waals surface area (Å²) in [6, 6.07) is 9.86. The van der Waals surface area contributed by atoms with Gasteiger partial charge in [-0.05, 0) is 38.1 Å². The van der Waals surface area contributed by atoms with Crippen molar-refractivity contribution in [3.63, 3.8) is 0 Å². The Labute approximate surface area is 125 Å². The number of hydrogen-bond acceptors (Lipinski definition) is 3. The molecular formula is C15H14BrN3O. The highest BCUT2D eigenvalue weighted by Crippen LogP contribution is 2.30. The fourth-order valence-corrected chi connectivity index (χ4v) is 2.60. The van der Waals surface area contributed by atoms with E-state index < -0.39 is 0 Å². The third kappa shape index (κ3) is 2.25. The van der Waals surface area contributed by atoms with Gasteiger partial charge in [0.1, 0.15) is 17.2 Å². The van der Waals surface area contributed by atoms with E-state index in [1.54, 1.807) is 4.68 Å². The molecule has 0 atom stereocenters. The third-order valence-corrected chi connectivity index (χ3v) is 3.60. The van der Waals surface area contributed by atoms with Gasteiger partial charge in [-0.2, -0.15) is 5.10 Å². The molecule has 0 unspecified atom stereocenters. The summed E-state index contributed by atoms with van der Waals surface area (Å²) < 4.78 is 8.32. The van der Waals surface area contributed by atoms with Crippen LogP contribution in [0.25, 0.3) is 16.9 Å². The van der Waals surface area contributed by atoms with Crippen LogP contribution in [0.3, 0.4) is 0 Å². The number of hydrogen-bond donors (Lipinski definition) is 1. The van der Waals surface area contributed by atoms with Gasteiger partial charge >= 0.3 is 0 Å². The fraction of sp³-hybridized carbons (Fsp3) is 0.133. The van der Waals surface area contributed by atoms with E-state index in [4.69, 9.17) is 10.2 Å². The Kier molecular flexibility index (Phi) is 3.14. The molecule has 0 spiro atoms. The Bertz CT molecular complexity index is 773. The second-order valence-electron chi connectivity index (χ2n) is 4.68. The summed E-state index contributed by atoms with van der Waals surface area (Å²) in [4.78, 5) is 0. The zero-order valence-electron chi connectivity index (χ0n) is 11.2. The monoisotopic (exact) mass is 331 g/mol. The van der Waals surface area contributed by atoms with Crippen molar-refractivity contribution in [2.45, 2.75) is 13.8 Å². The van der Waals surface area contributed by atoms with Crippen LogP contribution in [0.15, 0.2) is 45.4 Å². The van der Waals surface area contributed by atoms with E-state index in [1.807, 2.05) is 50.4 Å². The van der Waals surface area contributed by atoms with Crippen molar-refractivity contribution < 1.29 is 4.42 Å². The minimum absolute atomic E-state index is 0.633. The highest BCUT2D eigenvalue weighted by molar-refractivity contribution is 9.10. The van der Waals surface area contributed by atoms with Crippen molar-refractivity contribution in [2.24, 2.45) is 0 Å². The second kappa shape index (κ2) is 4.83. The van der Waals surface area contributed by atoms with Gasteiger partial charge in [-0.25, -0.2) is 4.68 Å². The van der Waals surface area contributed by atoms with Crippen molar-refractivity contribution in [3.8, 4) is 16.9 Å². The first-order valence-electron chi connectivity index (χ1n) is 6.23. The van der Waals surface area contributed by atoms with E-state index in [2.05, 4.69) is 21.0 Å². The van der Waals surface area contributed by atoms with Crippen LogP contribution in [0.1, 0.15) is 11.5 Å². The molecule has 1 aromatic carbocycles. The molecule has 0 saturated carbocycles. The Morgan fingerprint density at radius 3 is 2.70 bits per heavy atom. The van der Waals surface area contributed by atoms with Crippen LogP contribution in [-0.2, 0) is 0 Å². The van der Waals surface area contributed by atoms with E-state index in [0.717, 1.165) is 32.9 Å². The number of anilines is 1. The lowest BCUT2D eigenvalue weighted by Crippen LogP contribution is -1.94. The average Bonchev–Trinajstić information content (AvgIpc) is 2.92. The Balaban J connectivity index is 2.10. The quantitative estimate of drug-likeness (QED) is 0.769. The minimum Gasteiger partial charge on any atom is -0.466 e. The number of halogens is 1. The molecule has 0 aliphatic rings. The number of benzene rings is 1. The maximum absolute atomic E-state index is 6.09. The number of aryl methyl sites for hydroxylation is 2. The minimum atomic E-state index is 0.633. The molecule has 4 nitrogen and oxygen atoms in total. The lowest BCUT2D eigenvalue weighted by Gasteiger charge is -2.01. The topological polar surface area (TPSA) is 57.0 Å². The van der Waals surface area contributed by atoms with Gasteiger partial charge in [0.15, 0.2) is 0 Å². The predicted octanol–water partition coefficient (Wildman–Crippen LogP) is 4.09. The van der Waals surface area contributed by atoms with E-state index in [0.29, 0.717) is 5.69 Å². The zero-order chi connectivity index (χ0) is 14.3. The van der Waals surface area contributed by atoms with Gasteiger partial charge in [-0.1, -0.05) is 22.0 Å². The average molecular weight is 332 g/mol. The van der Waals surface area contributed by atoms with Crippen molar-refractivity contribution in [3.05, 3.63) is 52.5 Å². The highest BCUT2D eigenvalue weighted by Gasteiger charge is 2.15. The molecule has 0 saturated heterocycles. The molecule has 3 rings (SSSR count). The van der Waals surface area contributed by atoms with Crippen LogP contribution in [0.2, 0.25) is 0 Å². The molecule has 0 fully saturated rings. The number of aromatic nitrogens is 2. The highest BCUT2D eigenvalue weighted by atomic mass is 79.9. The van der Waals surface area contributed by atoms with Crippen molar-refractivity contribution >= 4 is 21.6 Å². The summed E-state index contributed by atoms with van der Waals surface area (Å²) in [6.45, 7) is 3.83. The first-order valence-corrected chi connectivity index (χ1v) is 7.02. The lowest BCUT2D eigenvalue weighted by molar-refractivity contribution is 0.505. The number of nitrogen functional groups attached to an aromatic ring is 1. The van der Waals surface area contributed by atoms with Gasteiger partial charge in [-0.15, -0.1) is 0 Å². The van der Waals surface area contributed by atoms with Crippen molar-refractivity contribution in [1.82, 2.24) is 9.78 Å². The number of nitrogens with two attached hydrogens (primary N) is 1. The number of rotatable bonds is 2. The molecule has 2 N–H and O–H groups in total. The third-order valence-electron chi connectivity index (χ3n) is 3.11. The zero-order valence-corrected chi connectivity index (χ0v) is 12.8. The Hall–Kier alpha value is -2.01. The van der Waals surface area contributed by atoms with Gasteiger partial charge in [-0.3, -0.25) is 0 Å². The summed E-state index contributed by atoms with van der Waals surface area (Å²) in [7, 11) is 0. The van der Waals surface area contributed by atoms with Gasteiger partial charge < -0.3 is 10.2 Å². The summed E-state index contributed by atoms with van der Waals surface area (Å²) in [5.41, 5.74) is 9.37. The van der Waals surface area contributed by atoms with Gasteiger partial charge in [0.05, 0.1) is 17.6 Å². The summed E-state index contributed by atoms with van der Waals surface area (Å²) in [5, 5.41) is 4.58. The normalized spacial score (nSPS) is 10.9. The van der Waals surface area contributed by atoms with Gasteiger partial charge in [0, 0.05) is 10.0 Å². The predicted molar refractivity (Wildman–Crippen MR) is 82.9 cm³/mol.